The van der Waals surface area contributed by atoms with Crippen LogP contribution in [0.1, 0.15) is 19.4 Å². The lowest BCUT2D eigenvalue weighted by Crippen LogP contribution is -2.02. The molecule has 0 bridgehead atoms. The molecule has 0 aromatic heterocycles. The number of carbonyl (C=O) groups is 1. The van der Waals surface area contributed by atoms with Crippen LogP contribution in [0.4, 0.5) is 0 Å². The SMILES string of the molecule is CCO/C(=C(\C#N)C(C)=O)c1ccccc1. The number of ketones is 1. The Kier molecular flexibility index (Phi) is 4.28. The number of hydrogen-bond donors (Lipinski definition) is 0. The van der Waals surface area contributed by atoms with E-state index in [1.165, 1.54) is 6.92 Å². The van der Waals surface area contributed by atoms with E-state index in [-0.39, 0.29) is 11.4 Å². The number of nitrogens with zero attached hydrogens (tertiary/aromatic N) is 1. The molecule has 0 saturated heterocycles. The molecule has 3 nitrogen and oxygen atoms in total. The summed E-state index contributed by atoms with van der Waals surface area (Å²) in [6.07, 6.45) is 0. The lowest BCUT2D eigenvalue weighted by atomic mass is 10.1. The number of allylic oxidation sites excluding steroid dienone is 1. The maximum absolute atomic E-state index is 11.3. The predicted molar refractivity (Wildman–Crippen MR) is 61.3 cm³/mol. The van der Waals surface area contributed by atoms with Crippen LogP contribution in [0.25, 0.3) is 5.76 Å². The molecule has 0 unspecified atom stereocenters. The zero-order valence-corrected chi connectivity index (χ0v) is 9.36. The van der Waals surface area contributed by atoms with E-state index in [1.54, 1.807) is 0 Å². The number of hydrogen-bond acceptors (Lipinski definition) is 3. The zero-order valence-electron chi connectivity index (χ0n) is 9.36. The van der Waals surface area contributed by atoms with Gasteiger partial charge in [0.1, 0.15) is 17.4 Å². The summed E-state index contributed by atoms with van der Waals surface area (Å²) in [6, 6.07) is 11.1. The quantitative estimate of drug-likeness (QED) is 0.440. The Labute approximate surface area is 95.0 Å². The van der Waals surface area contributed by atoms with Crippen molar-refractivity contribution >= 4 is 11.5 Å². The minimum absolute atomic E-state index is 0.0630. The van der Waals surface area contributed by atoms with E-state index in [4.69, 9.17) is 10.00 Å². The van der Waals surface area contributed by atoms with Gasteiger partial charge in [-0.05, 0) is 6.92 Å². The minimum atomic E-state index is -0.283. The van der Waals surface area contributed by atoms with Crippen molar-refractivity contribution in [2.45, 2.75) is 13.8 Å². The average Bonchev–Trinajstić information content (AvgIpc) is 2.29. The normalized spacial score (nSPS) is 11.3. The van der Waals surface area contributed by atoms with Gasteiger partial charge in [-0.2, -0.15) is 5.26 Å². The maximum atomic E-state index is 11.3. The molecule has 1 aromatic carbocycles. The highest BCUT2D eigenvalue weighted by Gasteiger charge is 2.14. The summed E-state index contributed by atoms with van der Waals surface area (Å²) >= 11 is 0. The molecule has 0 fully saturated rings. The molecule has 1 rings (SSSR count). The number of ether oxygens (including phenoxy) is 1. The van der Waals surface area contributed by atoms with Gasteiger partial charge < -0.3 is 4.74 Å². The van der Waals surface area contributed by atoms with Crippen molar-refractivity contribution < 1.29 is 9.53 Å². The van der Waals surface area contributed by atoms with Crippen LogP contribution in [-0.4, -0.2) is 12.4 Å². The minimum Gasteiger partial charge on any atom is -0.492 e. The van der Waals surface area contributed by atoms with Crippen LogP contribution in [0.3, 0.4) is 0 Å². The third-order valence-electron chi connectivity index (χ3n) is 2.02. The van der Waals surface area contributed by atoms with E-state index in [0.29, 0.717) is 12.4 Å². The van der Waals surface area contributed by atoms with E-state index in [1.807, 2.05) is 43.3 Å². The van der Waals surface area contributed by atoms with E-state index < -0.39 is 0 Å². The van der Waals surface area contributed by atoms with Crippen molar-refractivity contribution in [2.24, 2.45) is 0 Å². The molecule has 0 atom stereocenters. The number of Topliss-reactive ketones (excluding diaryl/α,β-unsaturated/α-hetero) is 1. The second-order valence-corrected chi connectivity index (χ2v) is 3.17. The standard InChI is InChI=1S/C13H13NO2/c1-3-16-13(12(9-14)10(2)15)11-7-5-4-6-8-11/h4-8H,3H2,1-2H3/b13-12+. The molecule has 0 aliphatic heterocycles. The van der Waals surface area contributed by atoms with Crippen molar-refractivity contribution in [3.8, 4) is 6.07 Å². The first kappa shape index (κ1) is 12.0. The van der Waals surface area contributed by atoms with Gasteiger partial charge in [0.2, 0.25) is 0 Å². The van der Waals surface area contributed by atoms with Gasteiger partial charge >= 0.3 is 0 Å². The first-order valence-corrected chi connectivity index (χ1v) is 5.04. The molecule has 0 N–H and O–H groups in total. The van der Waals surface area contributed by atoms with E-state index in [0.717, 1.165) is 5.56 Å². The van der Waals surface area contributed by atoms with E-state index in [2.05, 4.69) is 0 Å². The number of carbonyl (C=O) groups excluding carboxylic acids is 1. The fourth-order valence-corrected chi connectivity index (χ4v) is 1.32. The van der Waals surface area contributed by atoms with Crippen LogP contribution in [-0.2, 0) is 9.53 Å². The maximum Gasteiger partial charge on any atom is 0.174 e. The lowest BCUT2D eigenvalue weighted by Gasteiger charge is -2.09. The second-order valence-electron chi connectivity index (χ2n) is 3.17. The molecule has 3 heteroatoms. The molecule has 0 radical (unpaired) electrons. The summed E-state index contributed by atoms with van der Waals surface area (Å²) in [5, 5.41) is 8.95. The van der Waals surface area contributed by atoms with Crippen molar-refractivity contribution in [1.82, 2.24) is 0 Å². The summed E-state index contributed by atoms with van der Waals surface area (Å²) in [4.78, 5) is 11.3. The summed E-state index contributed by atoms with van der Waals surface area (Å²) in [6.45, 7) is 3.60. The monoisotopic (exact) mass is 215 g/mol. The predicted octanol–water partition coefficient (Wildman–Crippen LogP) is 2.55. The van der Waals surface area contributed by atoms with Crippen molar-refractivity contribution in [3.05, 3.63) is 41.5 Å². The largest absolute Gasteiger partial charge is 0.492 e. The first-order valence-electron chi connectivity index (χ1n) is 5.04. The molecular formula is C13H13NO2. The van der Waals surface area contributed by atoms with Crippen LogP contribution >= 0.6 is 0 Å². The average molecular weight is 215 g/mol. The fourth-order valence-electron chi connectivity index (χ4n) is 1.32. The molecule has 0 aliphatic carbocycles. The molecule has 0 aliphatic rings. The number of benzene rings is 1. The highest BCUT2D eigenvalue weighted by atomic mass is 16.5. The van der Waals surface area contributed by atoms with Crippen LogP contribution in [0, 0.1) is 11.3 Å². The van der Waals surface area contributed by atoms with E-state index >= 15 is 0 Å². The molecule has 82 valence electrons. The van der Waals surface area contributed by atoms with Gasteiger partial charge in [0.05, 0.1) is 6.61 Å². The van der Waals surface area contributed by atoms with Gasteiger partial charge in [0, 0.05) is 12.5 Å². The highest BCUT2D eigenvalue weighted by Crippen LogP contribution is 2.20. The van der Waals surface area contributed by atoms with Crippen molar-refractivity contribution in [3.63, 3.8) is 0 Å². The number of nitriles is 1. The van der Waals surface area contributed by atoms with Crippen molar-refractivity contribution in [1.29, 1.82) is 5.26 Å². The van der Waals surface area contributed by atoms with Crippen LogP contribution in [0.2, 0.25) is 0 Å². The Hall–Kier alpha value is -2.08. The van der Waals surface area contributed by atoms with Crippen LogP contribution < -0.4 is 0 Å². The van der Waals surface area contributed by atoms with Gasteiger partial charge in [-0.25, -0.2) is 0 Å². The molecule has 0 amide bonds. The lowest BCUT2D eigenvalue weighted by molar-refractivity contribution is -0.113. The third kappa shape index (κ3) is 2.71. The summed E-state index contributed by atoms with van der Waals surface area (Å²) in [5.41, 5.74) is 0.809. The van der Waals surface area contributed by atoms with Crippen LogP contribution in [0.5, 0.6) is 0 Å². The molecular weight excluding hydrogens is 202 g/mol. The molecule has 0 saturated carbocycles. The van der Waals surface area contributed by atoms with Gasteiger partial charge in [-0.15, -0.1) is 0 Å². The Morgan fingerprint density at radius 2 is 2.00 bits per heavy atom. The fraction of sp³-hybridized carbons (Fsp3) is 0.231. The Balaban J connectivity index is 3.29. The Bertz CT molecular complexity index is 441. The topological polar surface area (TPSA) is 50.1 Å². The van der Waals surface area contributed by atoms with Gasteiger partial charge in [-0.1, -0.05) is 30.3 Å². The smallest absolute Gasteiger partial charge is 0.174 e. The highest BCUT2D eigenvalue weighted by molar-refractivity contribution is 6.03. The second kappa shape index (κ2) is 5.72. The molecule has 16 heavy (non-hydrogen) atoms. The molecule has 1 aromatic rings. The Morgan fingerprint density at radius 1 is 1.38 bits per heavy atom. The Morgan fingerprint density at radius 3 is 2.44 bits per heavy atom. The molecule has 0 spiro atoms. The summed E-state index contributed by atoms with van der Waals surface area (Å²) < 4.78 is 5.38. The third-order valence-corrected chi connectivity index (χ3v) is 2.02. The van der Waals surface area contributed by atoms with Gasteiger partial charge in [-0.3, -0.25) is 4.79 Å². The zero-order chi connectivity index (χ0) is 12.0. The van der Waals surface area contributed by atoms with Crippen molar-refractivity contribution in [2.75, 3.05) is 6.61 Å². The first-order chi connectivity index (χ1) is 7.70. The summed E-state index contributed by atoms with van der Waals surface area (Å²) in [7, 11) is 0. The van der Waals surface area contributed by atoms with Crippen LogP contribution in [0.15, 0.2) is 35.9 Å². The van der Waals surface area contributed by atoms with Gasteiger partial charge in [0.25, 0.3) is 0 Å². The summed E-state index contributed by atoms with van der Waals surface area (Å²) in [5.74, 6) is 0.0768. The van der Waals surface area contributed by atoms with Gasteiger partial charge in [0.15, 0.2) is 5.78 Å². The number of rotatable bonds is 4. The van der Waals surface area contributed by atoms with E-state index in [9.17, 15) is 4.79 Å². The molecule has 0 heterocycles.